The standard InChI is InChI=1S/C22H28N4O/c1-16(2)10-12-25-13-17-3-8-20(25)15-26(14-17)22(27)19-6-4-18(5-7-19)21-9-11-23-24-21/h4-7,9-11,17,20H,3,8,12-15H2,1-2H3,(H,23,24)/t17-,20-/m0/s1. The molecule has 5 nitrogen and oxygen atoms in total. The third-order valence-electron chi connectivity index (χ3n) is 5.79. The van der Waals surface area contributed by atoms with E-state index >= 15 is 0 Å². The summed E-state index contributed by atoms with van der Waals surface area (Å²) < 4.78 is 0. The Balaban J connectivity index is 1.47. The first-order valence-corrected chi connectivity index (χ1v) is 9.86. The number of amides is 1. The summed E-state index contributed by atoms with van der Waals surface area (Å²) in [6.07, 6.45) is 6.48. The van der Waals surface area contributed by atoms with Crippen LogP contribution in [0.2, 0.25) is 0 Å². The summed E-state index contributed by atoms with van der Waals surface area (Å²) in [5, 5.41) is 6.95. The monoisotopic (exact) mass is 364 g/mol. The number of hydrogen-bond donors (Lipinski definition) is 1. The fourth-order valence-electron chi connectivity index (χ4n) is 4.26. The minimum absolute atomic E-state index is 0.159. The molecule has 0 radical (unpaired) electrons. The maximum Gasteiger partial charge on any atom is 0.253 e. The van der Waals surface area contributed by atoms with Crippen LogP contribution in [0.5, 0.6) is 0 Å². The average molecular weight is 364 g/mol. The molecule has 5 rings (SSSR count). The normalized spacial score (nSPS) is 22.5. The average Bonchev–Trinajstić information content (AvgIpc) is 3.06. The Bertz CT molecular complexity index is 805. The number of aromatic nitrogens is 2. The van der Waals surface area contributed by atoms with Crippen LogP contribution < -0.4 is 0 Å². The first-order chi connectivity index (χ1) is 13.1. The lowest BCUT2D eigenvalue weighted by molar-refractivity contribution is 0.0740. The summed E-state index contributed by atoms with van der Waals surface area (Å²) in [7, 11) is 0. The van der Waals surface area contributed by atoms with Crippen molar-refractivity contribution in [3.8, 4) is 11.3 Å². The second-order valence-electron chi connectivity index (χ2n) is 8.09. The Morgan fingerprint density at radius 2 is 1.96 bits per heavy atom. The van der Waals surface area contributed by atoms with E-state index in [4.69, 9.17) is 0 Å². The van der Waals surface area contributed by atoms with Crippen LogP contribution in [0.25, 0.3) is 11.3 Å². The van der Waals surface area contributed by atoms with Gasteiger partial charge in [-0.3, -0.25) is 14.8 Å². The number of carbonyl (C=O) groups is 1. The van der Waals surface area contributed by atoms with Crippen LogP contribution in [0, 0.1) is 5.92 Å². The number of benzene rings is 1. The zero-order valence-electron chi connectivity index (χ0n) is 16.2. The molecule has 3 saturated heterocycles. The first kappa shape index (κ1) is 18.0. The molecule has 3 aliphatic rings. The van der Waals surface area contributed by atoms with Gasteiger partial charge < -0.3 is 4.90 Å². The van der Waals surface area contributed by atoms with Gasteiger partial charge in [0.25, 0.3) is 5.91 Å². The zero-order chi connectivity index (χ0) is 18.8. The van der Waals surface area contributed by atoms with Crippen LogP contribution in [0.3, 0.4) is 0 Å². The number of H-pyrrole nitrogens is 1. The molecule has 142 valence electrons. The van der Waals surface area contributed by atoms with Gasteiger partial charge in [-0.25, -0.2) is 0 Å². The lowest BCUT2D eigenvalue weighted by atomic mass is 9.95. The molecule has 1 aromatic heterocycles. The molecule has 0 aliphatic carbocycles. The number of carbonyl (C=O) groups excluding carboxylic acids is 1. The Hall–Kier alpha value is -2.40. The van der Waals surface area contributed by atoms with E-state index in [2.05, 4.69) is 39.9 Å². The summed E-state index contributed by atoms with van der Waals surface area (Å²) in [5.74, 6) is 0.745. The van der Waals surface area contributed by atoms with E-state index in [9.17, 15) is 4.79 Å². The van der Waals surface area contributed by atoms with Crippen molar-refractivity contribution in [1.82, 2.24) is 20.0 Å². The summed E-state index contributed by atoms with van der Waals surface area (Å²) in [6, 6.07) is 10.3. The fraction of sp³-hybridized carbons (Fsp3) is 0.455. The number of piperidine rings is 1. The lowest BCUT2D eigenvalue weighted by Gasteiger charge is -2.35. The van der Waals surface area contributed by atoms with Crippen LogP contribution in [0.15, 0.2) is 48.2 Å². The van der Waals surface area contributed by atoms with Crippen LogP contribution >= 0.6 is 0 Å². The second kappa shape index (κ2) is 7.69. The number of fused-ring (bicyclic) bond motifs is 4. The number of aromatic amines is 1. The maximum atomic E-state index is 13.1. The van der Waals surface area contributed by atoms with Gasteiger partial charge in [-0.15, -0.1) is 0 Å². The molecule has 0 unspecified atom stereocenters. The van der Waals surface area contributed by atoms with Gasteiger partial charge >= 0.3 is 0 Å². The van der Waals surface area contributed by atoms with Gasteiger partial charge in [0, 0.05) is 44.0 Å². The van der Waals surface area contributed by atoms with Crippen LogP contribution in [0.1, 0.15) is 37.0 Å². The van der Waals surface area contributed by atoms with E-state index in [1.807, 2.05) is 30.3 Å². The van der Waals surface area contributed by atoms with Gasteiger partial charge in [0.05, 0.1) is 5.69 Å². The van der Waals surface area contributed by atoms with Crippen molar-refractivity contribution in [2.45, 2.75) is 32.7 Å². The summed E-state index contributed by atoms with van der Waals surface area (Å²) in [5.41, 5.74) is 4.15. The molecule has 0 saturated carbocycles. The highest BCUT2D eigenvalue weighted by Gasteiger charge is 2.36. The molecule has 1 aromatic carbocycles. The lowest BCUT2D eigenvalue weighted by Crippen LogP contribution is -2.44. The first-order valence-electron chi connectivity index (χ1n) is 9.86. The minimum Gasteiger partial charge on any atom is -0.337 e. The summed E-state index contributed by atoms with van der Waals surface area (Å²) in [6.45, 7) is 8.14. The predicted molar refractivity (Wildman–Crippen MR) is 107 cm³/mol. The van der Waals surface area contributed by atoms with Gasteiger partial charge in [0.15, 0.2) is 0 Å². The van der Waals surface area contributed by atoms with Crippen molar-refractivity contribution < 1.29 is 4.79 Å². The van der Waals surface area contributed by atoms with Crippen molar-refractivity contribution in [3.63, 3.8) is 0 Å². The number of rotatable bonds is 4. The molecule has 4 heterocycles. The molecular weight excluding hydrogens is 336 g/mol. The van der Waals surface area contributed by atoms with Gasteiger partial charge in [-0.1, -0.05) is 23.8 Å². The third-order valence-corrected chi connectivity index (χ3v) is 5.79. The van der Waals surface area contributed by atoms with E-state index in [1.165, 1.54) is 18.4 Å². The van der Waals surface area contributed by atoms with E-state index in [0.29, 0.717) is 12.0 Å². The zero-order valence-corrected chi connectivity index (χ0v) is 16.2. The largest absolute Gasteiger partial charge is 0.337 e. The van der Waals surface area contributed by atoms with E-state index in [0.717, 1.165) is 43.0 Å². The van der Waals surface area contributed by atoms with Crippen LogP contribution in [-0.4, -0.2) is 58.1 Å². The van der Waals surface area contributed by atoms with E-state index < -0.39 is 0 Å². The second-order valence-corrected chi connectivity index (χ2v) is 8.09. The Labute approximate surface area is 161 Å². The molecule has 2 atom stereocenters. The summed E-state index contributed by atoms with van der Waals surface area (Å²) >= 11 is 0. The van der Waals surface area contributed by atoms with Gasteiger partial charge in [-0.05, 0) is 56.4 Å². The van der Waals surface area contributed by atoms with Crippen molar-refractivity contribution in [3.05, 3.63) is 53.7 Å². The number of hydrogen-bond acceptors (Lipinski definition) is 3. The van der Waals surface area contributed by atoms with E-state index in [1.54, 1.807) is 6.20 Å². The maximum absolute atomic E-state index is 13.1. The number of nitrogens with one attached hydrogen (secondary N) is 1. The molecule has 2 bridgehead atoms. The molecule has 2 aromatic rings. The molecule has 5 heteroatoms. The quantitative estimate of drug-likeness (QED) is 0.844. The van der Waals surface area contributed by atoms with Crippen LogP contribution in [0.4, 0.5) is 0 Å². The smallest absolute Gasteiger partial charge is 0.253 e. The molecule has 3 aliphatic heterocycles. The Kier molecular flexibility index (Phi) is 5.12. The molecular formula is C22H28N4O. The highest BCUT2D eigenvalue weighted by Crippen LogP contribution is 2.29. The molecule has 27 heavy (non-hydrogen) atoms. The third kappa shape index (κ3) is 3.98. The highest BCUT2D eigenvalue weighted by molar-refractivity contribution is 5.94. The van der Waals surface area contributed by atoms with Gasteiger partial charge in [-0.2, -0.15) is 5.10 Å². The molecule has 1 N–H and O–H groups in total. The molecule has 1 amide bonds. The highest BCUT2D eigenvalue weighted by atomic mass is 16.2. The topological polar surface area (TPSA) is 52.2 Å². The summed E-state index contributed by atoms with van der Waals surface area (Å²) in [4.78, 5) is 17.8. The predicted octanol–water partition coefficient (Wildman–Crippen LogP) is 3.58. The van der Waals surface area contributed by atoms with Crippen molar-refractivity contribution >= 4 is 5.91 Å². The SMILES string of the molecule is CC(C)=CCN1C[C@@H]2CC[C@H]1CN(C(=O)c1ccc(-c3ccn[nH]3)cc1)C2. The Morgan fingerprint density at radius 3 is 2.67 bits per heavy atom. The van der Waals surface area contributed by atoms with Gasteiger partial charge in [0.1, 0.15) is 0 Å². The van der Waals surface area contributed by atoms with Crippen molar-refractivity contribution in [1.29, 1.82) is 0 Å². The number of allylic oxidation sites excluding steroid dienone is 1. The Morgan fingerprint density at radius 1 is 1.15 bits per heavy atom. The van der Waals surface area contributed by atoms with Crippen LogP contribution in [-0.2, 0) is 0 Å². The fourth-order valence-corrected chi connectivity index (χ4v) is 4.26. The van der Waals surface area contributed by atoms with Gasteiger partial charge in [0.2, 0.25) is 0 Å². The van der Waals surface area contributed by atoms with Crippen molar-refractivity contribution in [2.24, 2.45) is 5.92 Å². The number of nitrogens with zero attached hydrogens (tertiary/aromatic N) is 3. The molecule has 0 spiro atoms. The van der Waals surface area contributed by atoms with E-state index in [-0.39, 0.29) is 5.91 Å². The van der Waals surface area contributed by atoms with Crippen molar-refractivity contribution in [2.75, 3.05) is 26.2 Å². The minimum atomic E-state index is 0.159. The molecule has 3 fully saturated rings.